The molecular formula is C6H6BrNO2. The van der Waals surface area contributed by atoms with Crippen molar-refractivity contribution in [2.75, 3.05) is 0 Å². The largest absolute Gasteiger partial charge is 0.481 e. The molecule has 0 aliphatic carbocycles. The molecule has 0 unspecified atom stereocenters. The van der Waals surface area contributed by atoms with Crippen LogP contribution in [-0.2, 0) is 11.2 Å². The van der Waals surface area contributed by atoms with Gasteiger partial charge in [-0.05, 0) is 28.1 Å². The van der Waals surface area contributed by atoms with E-state index in [2.05, 4.69) is 20.9 Å². The van der Waals surface area contributed by atoms with Gasteiger partial charge in [-0.2, -0.15) is 0 Å². The maximum absolute atomic E-state index is 10.1. The zero-order chi connectivity index (χ0) is 7.56. The van der Waals surface area contributed by atoms with Gasteiger partial charge in [0, 0.05) is 5.69 Å². The Labute approximate surface area is 66.2 Å². The predicted octanol–water partition coefficient (Wildman–Crippen LogP) is 1.40. The monoisotopic (exact) mass is 203 g/mol. The van der Waals surface area contributed by atoms with Gasteiger partial charge in [-0.3, -0.25) is 4.79 Å². The van der Waals surface area contributed by atoms with Crippen LogP contribution in [0.3, 0.4) is 0 Å². The number of carboxylic acids is 1. The van der Waals surface area contributed by atoms with Gasteiger partial charge in [0.15, 0.2) is 0 Å². The van der Waals surface area contributed by atoms with E-state index in [0.717, 1.165) is 4.60 Å². The Balaban J connectivity index is 2.67. The highest BCUT2D eigenvalue weighted by Crippen LogP contribution is 2.08. The fraction of sp³-hybridized carbons (Fsp3) is 0.167. The van der Waals surface area contributed by atoms with E-state index in [1.54, 1.807) is 12.1 Å². The number of aromatic nitrogens is 1. The highest BCUT2D eigenvalue weighted by atomic mass is 79.9. The fourth-order valence-electron chi connectivity index (χ4n) is 0.677. The molecule has 0 bridgehead atoms. The van der Waals surface area contributed by atoms with Crippen LogP contribution in [0.1, 0.15) is 5.69 Å². The number of hydrogen-bond acceptors (Lipinski definition) is 1. The maximum Gasteiger partial charge on any atom is 0.309 e. The SMILES string of the molecule is O=C(O)Cc1ccc(Br)[nH]1. The molecule has 0 aromatic carbocycles. The average Bonchev–Trinajstić information content (AvgIpc) is 2.13. The van der Waals surface area contributed by atoms with Crippen LogP contribution < -0.4 is 0 Å². The van der Waals surface area contributed by atoms with Crippen molar-refractivity contribution in [1.29, 1.82) is 0 Å². The van der Waals surface area contributed by atoms with E-state index in [-0.39, 0.29) is 6.42 Å². The summed E-state index contributed by atoms with van der Waals surface area (Å²) >= 11 is 3.17. The van der Waals surface area contributed by atoms with Gasteiger partial charge >= 0.3 is 5.97 Å². The molecule has 0 spiro atoms. The minimum absolute atomic E-state index is 0.0472. The summed E-state index contributed by atoms with van der Waals surface area (Å²) in [7, 11) is 0. The van der Waals surface area contributed by atoms with Gasteiger partial charge in [0.25, 0.3) is 0 Å². The summed E-state index contributed by atoms with van der Waals surface area (Å²) in [4.78, 5) is 13.0. The molecule has 2 N–H and O–H groups in total. The van der Waals surface area contributed by atoms with E-state index >= 15 is 0 Å². The van der Waals surface area contributed by atoms with Crippen molar-refractivity contribution in [2.24, 2.45) is 0 Å². The highest BCUT2D eigenvalue weighted by Gasteiger charge is 2.00. The normalized spacial score (nSPS) is 9.70. The van der Waals surface area contributed by atoms with Crippen LogP contribution in [0.5, 0.6) is 0 Å². The predicted molar refractivity (Wildman–Crippen MR) is 39.8 cm³/mol. The van der Waals surface area contributed by atoms with E-state index in [1.807, 2.05) is 0 Å². The van der Waals surface area contributed by atoms with Crippen LogP contribution in [0.25, 0.3) is 0 Å². The number of nitrogens with one attached hydrogen (secondary N) is 1. The van der Waals surface area contributed by atoms with Gasteiger partial charge < -0.3 is 10.1 Å². The van der Waals surface area contributed by atoms with E-state index in [1.165, 1.54) is 0 Å². The molecule has 1 heterocycles. The van der Waals surface area contributed by atoms with Crippen molar-refractivity contribution in [3.63, 3.8) is 0 Å². The third-order valence-electron chi connectivity index (χ3n) is 1.05. The third-order valence-corrected chi connectivity index (χ3v) is 1.52. The van der Waals surface area contributed by atoms with Gasteiger partial charge in [0.2, 0.25) is 0 Å². The molecule has 1 aromatic rings. The number of hydrogen-bond donors (Lipinski definition) is 2. The van der Waals surface area contributed by atoms with E-state index < -0.39 is 5.97 Å². The molecule has 0 radical (unpaired) electrons. The van der Waals surface area contributed by atoms with Gasteiger partial charge in [-0.1, -0.05) is 0 Å². The topological polar surface area (TPSA) is 53.1 Å². The van der Waals surface area contributed by atoms with Crippen LogP contribution in [-0.4, -0.2) is 16.1 Å². The van der Waals surface area contributed by atoms with Crippen molar-refractivity contribution in [3.8, 4) is 0 Å². The van der Waals surface area contributed by atoms with Crippen molar-refractivity contribution in [2.45, 2.75) is 6.42 Å². The van der Waals surface area contributed by atoms with Crippen molar-refractivity contribution < 1.29 is 9.90 Å². The van der Waals surface area contributed by atoms with Crippen LogP contribution >= 0.6 is 15.9 Å². The molecule has 1 aromatic heterocycles. The van der Waals surface area contributed by atoms with Gasteiger partial charge in [-0.25, -0.2) is 0 Å². The number of H-pyrrole nitrogens is 1. The lowest BCUT2D eigenvalue weighted by Gasteiger charge is -1.88. The van der Waals surface area contributed by atoms with Crippen molar-refractivity contribution in [1.82, 2.24) is 4.98 Å². The maximum atomic E-state index is 10.1. The van der Waals surface area contributed by atoms with Crippen LogP contribution in [0.4, 0.5) is 0 Å². The van der Waals surface area contributed by atoms with Gasteiger partial charge in [0.05, 0.1) is 11.0 Å². The number of carboxylic acid groups (broad SMARTS) is 1. The highest BCUT2D eigenvalue weighted by molar-refractivity contribution is 9.10. The molecule has 0 aliphatic heterocycles. The molecule has 0 atom stereocenters. The van der Waals surface area contributed by atoms with Crippen LogP contribution in [0.2, 0.25) is 0 Å². The van der Waals surface area contributed by atoms with Crippen molar-refractivity contribution >= 4 is 21.9 Å². The Hall–Kier alpha value is -0.770. The lowest BCUT2D eigenvalue weighted by molar-refractivity contribution is -0.136. The first kappa shape index (κ1) is 7.34. The molecule has 54 valence electrons. The van der Waals surface area contributed by atoms with Crippen LogP contribution in [0, 0.1) is 0 Å². The Morgan fingerprint density at radius 2 is 2.40 bits per heavy atom. The van der Waals surface area contributed by atoms with Crippen molar-refractivity contribution in [3.05, 3.63) is 22.4 Å². The molecule has 4 heteroatoms. The summed E-state index contributed by atoms with van der Waals surface area (Å²) in [5, 5.41) is 8.34. The van der Waals surface area contributed by atoms with Gasteiger partial charge in [0.1, 0.15) is 0 Å². The Kier molecular flexibility index (Phi) is 2.11. The molecule has 3 nitrogen and oxygen atoms in total. The minimum Gasteiger partial charge on any atom is -0.481 e. The lowest BCUT2D eigenvalue weighted by Crippen LogP contribution is -1.99. The summed E-state index contributed by atoms with van der Waals surface area (Å²) in [6.07, 6.45) is 0.0472. The second-order valence-corrected chi connectivity index (χ2v) is 2.76. The first-order valence-electron chi connectivity index (χ1n) is 2.73. The summed E-state index contributed by atoms with van der Waals surface area (Å²) < 4.78 is 0.809. The van der Waals surface area contributed by atoms with E-state index in [9.17, 15) is 4.79 Å². The third kappa shape index (κ3) is 1.88. The quantitative estimate of drug-likeness (QED) is 0.764. The van der Waals surface area contributed by atoms with Crippen LogP contribution in [0.15, 0.2) is 16.7 Å². The van der Waals surface area contributed by atoms with Gasteiger partial charge in [-0.15, -0.1) is 0 Å². The molecule has 0 saturated carbocycles. The molecule has 0 fully saturated rings. The summed E-state index contributed by atoms with van der Waals surface area (Å²) in [5.74, 6) is -0.825. The minimum atomic E-state index is -0.825. The lowest BCUT2D eigenvalue weighted by atomic mass is 10.3. The zero-order valence-corrected chi connectivity index (χ0v) is 6.68. The summed E-state index contributed by atoms with van der Waals surface area (Å²) in [6.45, 7) is 0. The molecule has 0 amide bonds. The average molecular weight is 204 g/mol. The Morgan fingerprint density at radius 3 is 2.80 bits per heavy atom. The molecule has 0 aliphatic rings. The molecule has 0 saturated heterocycles. The number of aliphatic carboxylic acids is 1. The molecule has 1 rings (SSSR count). The number of halogens is 1. The number of aromatic amines is 1. The second kappa shape index (κ2) is 2.88. The summed E-state index contributed by atoms with van der Waals surface area (Å²) in [6, 6.07) is 3.51. The first-order valence-corrected chi connectivity index (χ1v) is 3.53. The zero-order valence-electron chi connectivity index (χ0n) is 5.10. The Morgan fingerprint density at radius 1 is 1.70 bits per heavy atom. The summed E-state index contributed by atoms with van der Waals surface area (Å²) in [5.41, 5.74) is 0.708. The first-order chi connectivity index (χ1) is 4.68. The standard InChI is InChI=1S/C6H6BrNO2/c7-5-2-1-4(8-5)3-6(9)10/h1-2,8H,3H2,(H,9,10). The van der Waals surface area contributed by atoms with E-state index in [0.29, 0.717) is 5.69 Å². The Bertz CT molecular complexity index is 244. The number of rotatable bonds is 2. The molecule has 10 heavy (non-hydrogen) atoms. The number of carbonyl (C=O) groups is 1. The second-order valence-electron chi connectivity index (χ2n) is 1.90. The molecular weight excluding hydrogens is 198 g/mol. The fourth-order valence-corrected chi connectivity index (χ4v) is 1.06. The van der Waals surface area contributed by atoms with E-state index in [4.69, 9.17) is 5.11 Å². The smallest absolute Gasteiger partial charge is 0.309 e.